The highest BCUT2D eigenvalue weighted by Crippen LogP contribution is 2.23. The Bertz CT molecular complexity index is 731. The van der Waals surface area contributed by atoms with Crippen molar-refractivity contribution in [1.29, 1.82) is 0 Å². The van der Waals surface area contributed by atoms with Gasteiger partial charge in [0.25, 0.3) is 0 Å². The highest BCUT2D eigenvalue weighted by molar-refractivity contribution is 7.20. The summed E-state index contributed by atoms with van der Waals surface area (Å²) in [4.78, 5) is 16.7. The summed E-state index contributed by atoms with van der Waals surface area (Å²) in [6.07, 6.45) is 0.344. The first-order valence-electron chi connectivity index (χ1n) is 6.28. The van der Waals surface area contributed by atoms with Crippen LogP contribution in [0, 0.1) is 0 Å². The van der Waals surface area contributed by atoms with E-state index in [1.165, 1.54) is 11.3 Å². The Morgan fingerprint density at radius 3 is 2.85 bits per heavy atom. The second-order valence-corrected chi connectivity index (χ2v) is 5.47. The van der Waals surface area contributed by atoms with Crippen molar-refractivity contribution in [3.63, 3.8) is 0 Å². The Morgan fingerprint density at radius 1 is 1.20 bits per heavy atom. The number of para-hydroxylation sites is 1. The van der Waals surface area contributed by atoms with Crippen LogP contribution in [0.4, 0.5) is 0 Å². The molecule has 20 heavy (non-hydrogen) atoms. The van der Waals surface area contributed by atoms with E-state index in [1.54, 1.807) is 7.11 Å². The molecule has 0 bridgehead atoms. The van der Waals surface area contributed by atoms with Crippen LogP contribution in [-0.4, -0.2) is 17.9 Å². The van der Waals surface area contributed by atoms with Crippen molar-refractivity contribution < 1.29 is 9.53 Å². The van der Waals surface area contributed by atoms with Crippen molar-refractivity contribution in [2.24, 2.45) is 0 Å². The van der Waals surface area contributed by atoms with Gasteiger partial charge >= 0.3 is 0 Å². The molecule has 0 fully saturated rings. The zero-order valence-electron chi connectivity index (χ0n) is 11.0. The molecule has 0 saturated heterocycles. The molecule has 0 unspecified atom stereocenters. The van der Waals surface area contributed by atoms with Crippen LogP contribution < -0.4 is 4.74 Å². The van der Waals surface area contributed by atoms with Crippen LogP contribution in [0.25, 0.3) is 10.2 Å². The maximum Gasteiger partial charge on any atom is 0.195 e. The monoisotopic (exact) mass is 283 g/mol. The summed E-state index contributed by atoms with van der Waals surface area (Å²) in [7, 11) is 1.62. The van der Waals surface area contributed by atoms with E-state index >= 15 is 0 Å². The van der Waals surface area contributed by atoms with Crippen LogP contribution in [0.3, 0.4) is 0 Å². The Kier molecular flexibility index (Phi) is 3.48. The van der Waals surface area contributed by atoms with Crippen molar-refractivity contribution >= 4 is 27.3 Å². The van der Waals surface area contributed by atoms with Crippen molar-refractivity contribution in [2.75, 3.05) is 7.11 Å². The summed E-state index contributed by atoms with van der Waals surface area (Å²) >= 11 is 1.44. The number of benzene rings is 2. The summed E-state index contributed by atoms with van der Waals surface area (Å²) in [5.74, 6) is 0.805. The summed E-state index contributed by atoms with van der Waals surface area (Å²) < 4.78 is 6.21. The average Bonchev–Trinajstić information content (AvgIpc) is 2.91. The number of ether oxygens (including phenoxy) is 1. The van der Waals surface area contributed by atoms with E-state index in [9.17, 15) is 4.79 Å². The first-order valence-corrected chi connectivity index (χ1v) is 7.09. The van der Waals surface area contributed by atoms with Gasteiger partial charge in [-0.2, -0.15) is 0 Å². The number of ketones is 1. The molecule has 3 nitrogen and oxygen atoms in total. The Hall–Kier alpha value is -2.20. The first-order chi connectivity index (χ1) is 9.76. The topological polar surface area (TPSA) is 39.2 Å². The molecule has 4 heteroatoms. The quantitative estimate of drug-likeness (QED) is 0.685. The molecule has 0 saturated carbocycles. The smallest absolute Gasteiger partial charge is 0.195 e. The predicted molar refractivity (Wildman–Crippen MR) is 80.6 cm³/mol. The van der Waals surface area contributed by atoms with Gasteiger partial charge in [-0.25, -0.2) is 4.98 Å². The van der Waals surface area contributed by atoms with Gasteiger partial charge in [-0.3, -0.25) is 4.79 Å². The molecule has 0 atom stereocenters. The van der Waals surface area contributed by atoms with Crippen LogP contribution in [-0.2, 0) is 6.42 Å². The molecule has 0 radical (unpaired) electrons. The van der Waals surface area contributed by atoms with E-state index in [0.717, 1.165) is 21.5 Å². The minimum Gasteiger partial charge on any atom is -0.497 e. The normalized spacial score (nSPS) is 10.7. The number of fused-ring (bicyclic) bond motifs is 1. The molecule has 0 amide bonds. The van der Waals surface area contributed by atoms with Crippen LogP contribution in [0.2, 0.25) is 0 Å². The summed E-state index contributed by atoms with van der Waals surface area (Å²) in [6.45, 7) is 0. The number of aromatic nitrogens is 1. The number of hydrogen-bond donors (Lipinski definition) is 0. The minimum absolute atomic E-state index is 0.0412. The van der Waals surface area contributed by atoms with Gasteiger partial charge in [-0.1, -0.05) is 24.3 Å². The van der Waals surface area contributed by atoms with Gasteiger partial charge in [0, 0.05) is 6.42 Å². The van der Waals surface area contributed by atoms with Crippen LogP contribution in [0.1, 0.15) is 15.4 Å². The number of nitrogens with zero attached hydrogens (tertiary/aromatic N) is 1. The fourth-order valence-corrected chi connectivity index (χ4v) is 2.94. The van der Waals surface area contributed by atoms with E-state index < -0.39 is 0 Å². The molecule has 0 spiro atoms. The maximum absolute atomic E-state index is 12.3. The highest BCUT2D eigenvalue weighted by atomic mass is 32.1. The Labute approximate surface area is 120 Å². The molecular weight excluding hydrogens is 270 g/mol. The van der Waals surface area contributed by atoms with Crippen molar-refractivity contribution in [1.82, 2.24) is 4.98 Å². The summed E-state index contributed by atoms with van der Waals surface area (Å²) in [6, 6.07) is 15.4. The molecule has 0 aliphatic heterocycles. The van der Waals surface area contributed by atoms with Crippen LogP contribution >= 0.6 is 11.3 Å². The van der Waals surface area contributed by atoms with Crippen LogP contribution in [0.5, 0.6) is 5.75 Å². The molecule has 3 aromatic rings. The molecule has 0 aliphatic rings. The molecule has 100 valence electrons. The standard InChI is InChI=1S/C16H13NO2S/c1-19-12-6-4-5-11(9-12)10-14(18)16-17-13-7-2-3-8-15(13)20-16/h2-9H,10H2,1H3. The zero-order valence-corrected chi connectivity index (χ0v) is 11.8. The Balaban J connectivity index is 1.85. The first kappa shape index (κ1) is 12.8. The molecule has 0 aliphatic carbocycles. The number of carbonyl (C=O) groups is 1. The maximum atomic E-state index is 12.3. The second-order valence-electron chi connectivity index (χ2n) is 4.44. The number of carbonyl (C=O) groups excluding carboxylic acids is 1. The number of thiazole rings is 1. The van der Waals surface area contributed by atoms with Crippen LogP contribution in [0.15, 0.2) is 48.5 Å². The van der Waals surface area contributed by atoms with Crippen molar-refractivity contribution in [2.45, 2.75) is 6.42 Å². The van der Waals surface area contributed by atoms with Gasteiger partial charge < -0.3 is 4.74 Å². The largest absolute Gasteiger partial charge is 0.497 e. The van der Waals surface area contributed by atoms with Gasteiger partial charge in [0.05, 0.1) is 17.3 Å². The lowest BCUT2D eigenvalue weighted by atomic mass is 10.1. The fourth-order valence-electron chi connectivity index (χ4n) is 2.03. The van der Waals surface area contributed by atoms with Gasteiger partial charge in [-0.05, 0) is 29.8 Å². The second kappa shape index (κ2) is 5.43. The van der Waals surface area contributed by atoms with E-state index in [4.69, 9.17) is 4.74 Å². The third-order valence-corrected chi connectivity index (χ3v) is 4.11. The van der Waals surface area contributed by atoms with E-state index in [0.29, 0.717) is 11.4 Å². The Morgan fingerprint density at radius 2 is 2.05 bits per heavy atom. The number of rotatable bonds is 4. The minimum atomic E-state index is 0.0412. The van der Waals surface area contributed by atoms with Crippen molar-refractivity contribution in [3.05, 3.63) is 59.1 Å². The number of Topliss-reactive ketones (excluding diaryl/α,β-unsaturated/α-hetero) is 1. The van der Waals surface area contributed by atoms with Gasteiger partial charge in [-0.15, -0.1) is 11.3 Å². The third kappa shape index (κ3) is 2.56. The van der Waals surface area contributed by atoms with Gasteiger partial charge in [0.15, 0.2) is 10.8 Å². The number of hydrogen-bond acceptors (Lipinski definition) is 4. The molecular formula is C16H13NO2S. The van der Waals surface area contributed by atoms with E-state index in [1.807, 2.05) is 48.5 Å². The third-order valence-electron chi connectivity index (χ3n) is 3.03. The lowest BCUT2D eigenvalue weighted by molar-refractivity contribution is 0.0993. The number of methoxy groups -OCH3 is 1. The predicted octanol–water partition coefficient (Wildman–Crippen LogP) is 3.73. The van der Waals surface area contributed by atoms with E-state index in [2.05, 4.69) is 4.98 Å². The molecule has 0 N–H and O–H groups in total. The van der Waals surface area contributed by atoms with Crippen molar-refractivity contribution in [3.8, 4) is 5.75 Å². The summed E-state index contributed by atoms with van der Waals surface area (Å²) in [5.41, 5.74) is 1.82. The average molecular weight is 283 g/mol. The lowest BCUT2D eigenvalue weighted by Crippen LogP contribution is -2.02. The highest BCUT2D eigenvalue weighted by Gasteiger charge is 2.13. The van der Waals surface area contributed by atoms with Gasteiger partial charge in [0.2, 0.25) is 0 Å². The fraction of sp³-hybridized carbons (Fsp3) is 0.125. The van der Waals surface area contributed by atoms with Gasteiger partial charge in [0.1, 0.15) is 5.75 Å². The summed E-state index contributed by atoms with van der Waals surface area (Å²) in [5, 5.41) is 0.564. The molecule has 2 aromatic carbocycles. The molecule has 3 rings (SSSR count). The zero-order chi connectivity index (χ0) is 13.9. The molecule has 1 aromatic heterocycles. The lowest BCUT2D eigenvalue weighted by Gasteiger charge is -2.02. The molecule has 1 heterocycles. The van der Waals surface area contributed by atoms with E-state index in [-0.39, 0.29) is 5.78 Å². The SMILES string of the molecule is COc1cccc(CC(=O)c2nc3ccccc3s2)c1.